The Morgan fingerprint density at radius 3 is 3.00 bits per heavy atom. The van der Waals surface area contributed by atoms with Crippen LogP contribution in [0.25, 0.3) is 0 Å². The minimum Gasteiger partial charge on any atom is -0.305 e. The van der Waals surface area contributed by atoms with Crippen LogP contribution in [-0.4, -0.2) is 10.7 Å². The molecule has 0 aliphatic heterocycles. The molecule has 54 valence electrons. The lowest BCUT2D eigenvalue weighted by Crippen LogP contribution is -1.93. The summed E-state index contributed by atoms with van der Waals surface area (Å²) in [5, 5.41) is 15.7. The Kier molecular flexibility index (Phi) is 1.98. The molecule has 0 saturated heterocycles. The Hall–Kier alpha value is -1.69. The smallest absolute Gasteiger partial charge is 0.141 e. The fourth-order valence-electron chi connectivity index (χ4n) is 0.725. The number of hydrogen-bond donors (Lipinski definition) is 1. The molecule has 0 bridgehead atoms. The maximum absolute atomic E-state index is 8.46. The normalized spacial score (nSPS) is 8.73. The topological polar surface area (TPSA) is 60.5 Å². The number of nitrogens with zero attached hydrogens (tertiary/aromatic N) is 2. The minimum atomic E-state index is 0.356. The predicted octanol–water partition coefficient (Wildman–Crippen LogP) is 1.34. The zero-order chi connectivity index (χ0) is 8.27. The average Bonchev–Trinajstić information content (AvgIpc) is 2.05. The van der Waals surface area contributed by atoms with Gasteiger partial charge in [-0.2, -0.15) is 5.26 Å². The van der Waals surface area contributed by atoms with Crippen LogP contribution in [0.15, 0.2) is 18.3 Å². The van der Waals surface area contributed by atoms with E-state index >= 15 is 0 Å². The van der Waals surface area contributed by atoms with E-state index in [0.717, 1.165) is 5.56 Å². The molecule has 1 aromatic heterocycles. The van der Waals surface area contributed by atoms with Gasteiger partial charge in [-0.05, 0) is 24.6 Å². The van der Waals surface area contributed by atoms with Crippen molar-refractivity contribution in [2.75, 3.05) is 0 Å². The third-order valence-corrected chi connectivity index (χ3v) is 1.31. The molecule has 0 amide bonds. The van der Waals surface area contributed by atoms with Crippen LogP contribution in [0.5, 0.6) is 0 Å². The summed E-state index contributed by atoms with van der Waals surface area (Å²) in [5.74, 6) is 0. The molecule has 1 heterocycles. The summed E-state index contributed by atoms with van der Waals surface area (Å²) >= 11 is 0. The number of aromatic nitrogens is 1. The van der Waals surface area contributed by atoms with Crippen molar-refractivity contribution < 1.29 is 0 Å². The zero-order valence-corrected chi connectivity index (χ0v) is 6.13. The van der Waals surface area contributed by atoms with Crippen LogP contribution >= 0.6 is 0 Å². The van der Waals surface area contributed by atoms with E-state index in [1.54, 1.807) is 19.1 Å². The molecule has 1 aromatic rings. The van der Waals surface area contributed by atoms with E-state index < -0.39 is 0 Å². The van der Waals surface area contributed by atoms with Crippen LogP contribution in [0.4, 0.5) is 0 Å². The summed E-state index contributed by atoms with van der Waals surface area (Å²) < 4.78 is 0. The molecule has 0 saturated carbocycles. The Morgan fingerprint density at radius 2 is 2.45 bits per heavy atom. The molecule has 0 unspecified atom stereocenters. The van der Waals surface area contributed by atoms with Gasteiger partial charge in [0.05, 0.1) is 0 Å². The number of nitriles is 1. The first kappa shape index (κ1) is 7.42. The highest BCUT2D eigenvalue weighted by molar-refractivity contribution is 5.96. The van der Waals surface area contributed by atoms with Gasteiger partial charge in [-0.3, -0.25) is 0 Å². The molecule has 3 heteroatoms. The van der Waals surface area contributed by atoms with Crippen molar-refractivity contribution in [1.29, 1.82) is 10.7 Å². The first-order valence-electron chi connectivity index (χ1n) is 3.15. The van der Waals surface area contributed by atoms with Crippen LogP contribution in [0, 0.1) is 16.7 Å². The van der Waals surface area contributed by atoms with Crippen molar-refractivity contribution in [1.82, 2.24) is 4.98 Å². The third kappa shape index (κ3) is 1.62. The Bertz CT molecular complexity index is 322. The highest BCUT2D eigenvalue weighted by Gasteiger charge is 1.96. The Balaban J connectivity index is 3.13. The molecule has 0 atom stereocenters. The fourth-order valence-corrected chi connectivity index (χ4v) is 0.725. The van der Waals surface area contributed by atoms with Crippen molar-refractivity contribution in [3.63, 3.8) is 0 Å². The maximum atomic E-state index is 8.46. The summed E-state index contributed by atoms with van der Waals surface area (Å²) in [6.45, 7) is 1.68. The molecule has 1 N–H and O–H groups in total. The number of nitrogens with one attached hydrogen (secondary N) is 1. The quantitative estimate of drug-likeness (QED) is 0.606. The van der Waals surface area contributed by atoms with Gasteiger partial charge >= 0.3 is 0 Å². The minimum absolute atomic E-state index is 0.356. The maximum Gasteiger partial charge on any atom is 0.141 e. The summed E-state index contributed by atoms with van der Waals surface area (Å²) in [5.41, 5.74) is 1.55. The molecular formula is C8H7N3. The summed E-state index contributed by atoms with van der Waals surface area (Å²) in [4.78, 5) is 3.78. The molecule has 0 fully saturated rings. The standard InChI is InChI=1S/C8H7N3/c1-6(10)7-2-3-11-8(4-7)5-9/h2-4,10H,1H3. The van der Waals surface area contributed by atoms with E-state index in [1.165, 1.54) is 6.20 Å². The van der Waals surface area contributed by atoms with Gasteiger partial charge in [-0.15, -0.1) is 0 Å². The average molecular weight is 145 g/mol. The highest BCUT2D eigenvalue weighted by Crippen LogP contribution is 2.00. The lowest BCUT2D eigenvalue weighted by molar-refractivity contribution is 1.25. The molecule has 0 aliphatic carbocycles. The van der Waals surface area contributed by atoms with Crippen LogP contribution in [0.1, 0.15) is 18.2 Å². The fraction of sp³-hybridized carbons (Fsp3) is 0.125. The highest BCUT2D eigenvalue weighted by atomic mass is 14.7. The van der Waals surface area contributed by atoms with Crippen LogP contribution in [0.3, 0.4) is 0 Å². The van der Waals surface area contributed by atoms with Crippen molar-refractivity contribution >= 4 is 5.71 Å². The molecule has 0 spiro atoms. The first-order valence-corrected chi connectivity index (χ1v) is 3.15. The van der Waals surface area contributed by atoms with Crippen LogP contribution < -0.4 is 0 Å². The lowest BCUT2D eigenvalue weighted by Gasteiger charge is -1.95. The molecule has 0 aromatic carbocycles. The Labute approximate surface area is 64.8 Å². The van der Waals surface area contributed by atoms with Crippen molar-refractivity contribution in [3.05, 3.63) is 29.6 Å². The van der Waals surface area contributed by atoms with Crippen molar-refractivity contribution in [2.24, 2.45) is 0 Å². The van der Waals surface area contributed by atoms with Gasteiger partial charge < -0.3 is 5.41 Å². The van der Waals surface area contributed by atoms with Gasteiger partial charge in [0.1, 0.15) is 11.8 Å². The molecule has 0 aliphatic rings. The third-order valence-electron chi connectivity index (χ3n) is 1.31. The second-order valence-electron chi connectivity index (χ2n) is 2.17. The summed E-state index contributed by atoms with van der Waals surface area (Å²) in [6, 6.07) is 5.23. The number of rotatable bonds is 1. The first-order chi connectivity index (χ1) is 5.24. The molecule has 0 radical (unpaired) electrons. The number of pyridine rings is 1. The second kappa shape index (κ2) is 2.93. The second-order valence-corrected chi connectivity index (χ2v) is 2.17. The molecule has 11 heavy (non-hydrogen) atoms. The van der Waals surface area contributed by atoms with Gasteiger partial charge in [0.25, 0.3) is 0 Å². The van der Waals surface area contributed by atoms with Crippen molar-refractivity contribution in [2.45, 2.75) is 6.92 Å². The number of hydrogen-bond acceptors (Lipinski definition) is 3. The lowest BCUT2D eigenvalue weighted by atomic mass is 10.1. The monoisotopic (exact) mass is 145 g/mol. The van der Waals surface area contributed by atoms with Crippen LogP contribution in [0.2, 0.25) is 0 Å². The summed E-state index contributed by atoms with van der Waals surface area (Å²) in [7, 11) is 0. The summed E-state index contributed by atoms with van der Waals surface area (Å²) in [6.07, 6.45) is 1.53. The molecule has 3 nitrogen and oxygen atoms in total. The SMILES string of the molecule is CC(=N)c1ccnc(C#N)c1. The van der Waals surface area contributed by atoms with E-state index in [-0.39, 0.29) is 0 Å². The largest absolute Gasteiger partial charge is 0.305 e. The van der Waals surface area contributed by atoms with E-state index in [0.29, 0.717) is 11.4 Å². The van der Waals surface area contributed by atoms with Gasteiger partial charge in [0, 0.05) is 11.9 Å². The Morgan fingerprint density at radius 1 is 1.73 bits per heavy atom. The van der Waals surface area contributed by atoms with E-state index in [1.807, 2.05) is 6.07 Å². The van der Waals surface area contributed by atoms with Gasteiger partial charge in [-0.25, -0.2) is 4.98 Å². The van der Waals surface area contributed by atoms with Crippen molar-refractivity contribution in [3.8, 4) is 6.07 Å². The molecular weight excluding hydrogens is 138 g/mol. The van der Waals surface area contributed by atoms with Gasteiger partial charge in [0.15, 0.2) is 0 Å². The van der Waals surface area contributed by atoms with Gasteiger partial charge in [-0.1, -0.05) is 0 Å². The van der Waals surface area contributed by atoms with E-state index in [2.05, 4.69) is 4.98 Å². The molecule has 1 rings (SSSR count). The predicted molar refractivity (Wildman–Crippen MR) is 41.5 cm³/mol. The van der Waals surface area contributed by atoms with Gasteiger partial charge in [0.2, 0.25) is 0 Å². The van der Waals surface area contributed by atoms with E-state index in [4.69, 9.17) is 10.7 Å². The van der Waals surface area contributed by atoms with Crippen LogP contribution in [-0.2, 0) is 0 Å². The van der Waals surface area contributed by atoms with E-state index in [9.17, 15) is 0 Å². The zero-order valence-electron chi connectivity index (χ0n) is 6.13.